The second kappa shape index (κ2) is 7.61. The van der Waals surface area contributed by atoms with Crippen molar-refractivity contribution in [2.75, 3.05) is 6.54 Å². The molecule has 1 fully saturated rings. The van der Waals surface area contributed by atoms with Crippen molar-refractivity contribution in [3.8, 4) is 0 Å². The molecule has 1 saturated heterocycles. The average Bonchev–Trinajstić information content (AvgIpc) is 3.47. The lowest BCUT2D eigenvalue weighted by atomic mass is 10.1. The Bertz CT molecular complexity index is 1210. The van der Waals surface area contributed by atoms with Gasteiger partial charge in [-0.3, -0.25) is 4.79 Å². The molecule has 0 saturated carbocycles. The summed E-state index contributed by atoms with van der Waals surface area (Å²) in [7, 11) is 0. The van der Waals surface area contributed by atoms with Crippen LogP contribution in [0.2, 0.25) is 5.02 Å². The van der Waals surface area contributed by atoms with Crippen LogP contribution in [0.15, 0.2) is 59.1 Å². The molecule has 0 radical (unpaired) electrons. The van der Waals surface area contributed by atoms with Gasteiger partial charge in [-0.2, -0.15) is 0 Å². The van der Waals surface area contributed by atoms with Crippen LogP contribution < -0.4 is 0 Å². The van der Waals surface area contributed by atoms with E-state index >= 15 is 0 Å². The molecule has 5 nitrogen and oxygen atoms in total. The highest BCUT2D eigenvalue weighted by Gasteiger charge is 2.34. The Hall–Kier alpha value is -3.12. The van der Waals surface area contributed by atoms with Crippen LogP contribution in [0, 0.1) is 5.82 Å². The second-order valence-corrected chi connectivity index (χ2v) is 7.98. The highest BCUT2D eigenvalue weighted by atomic mass is 35.5. The van der Waals surface area contributed by atoms with Crippen LogP contribution in [-0.2, 0) is 6.42 Å². The van der Waals surface area contributed by atoms with Gasteiger partial charge in [-0.25, -0.2) is 9.37 Å². The fourth-order valence-electron chi connectivity index (χ4n) is 4.00. The topological polar surface area (TPSA) is 62.1 Å². The number of amides is 1. The van der Waals surface area contributed by atoms with Crippen LogP contribution in [-0.4, -0.2) is 27.3 Å². The molecule has 3 heterocycles. The number of aromatic nitrogens is 2. The molecule has 2 aromatic carbocycles. The molecule has 2 aromatic heterocycles. The molecule has 1 amide bonds. The van der Waals surface area contributed by atoms with Crippen LogP contribution in [0.5, 0.6) is 0 Å². The number of halogens is 2. The molecule has 1 atom stereocenters. The van der Waals surface area contributed by atoms with E-state index in [0.717, 1.165) is 29.7 Å². The summed E-state index contributed by atoms with van der Waals surface area (Å²) >= 11 is 5.94. The van der Waals surface area contributed by atoms with Gasteiger partial charge in [0, 0.05) is 28.9 Å². The molecule has 1 unspecified atom stereocenters. The van der Waals surface area contributed by atoms with Gasteiger partial charge < -0.3 is 14.3 Å². The summed E-state index contributed by atoms with van der Waals surface area (Å²) in [5.41, 5.74) is 2.25. The lowest BCUT2D eigenvalue weighted by Gasteiger charge is -2.21. The lowest BCUT2D eigenvalue weighted by Crippen LogP contribution is -2.30. The highest BCUT2D eigenvalue weighted by Crippen LogP contribution is 2.33. The first-order valence-electron chi connectivity index (χ1n) is 9.85. The Morgan fingerprint density at radius 2 is 2.07 bits per heavy atom. The predicted molar refractivity (Wildman–Crippen MR) is 112 cm³/mol. The zero-order valence-electron chi connectivity index (χ0n) is 16.1. The highest BCUT2D eigenvalue weighted by molar-refractivity contribution is 6.30. The van der Waals surface area contributed by atoms with Gasteiger partial charge in [-0.15, -0.1) is 0 Å². The number of likely N-dealkylation sites (tertiary alicyclic amines) is 1. The van der Waals surface area contributed by atoms with Crippen LogP contribution >= 0.6 is 11.6 Å². The number of H-pyrrole nitrogens is 1. The Morgan fingerprint density at radius 3 is 2.90 bits per heavy atom. The van der Waals surface area contributed by atoms with Crippen molar-refractivity contribution in [3.05, 3.63) is 88.5 Å². The van der Waals surface area contributed by atoms with Gasteiger partial charge >= 0.3 is 0 Å². The molecule has 30 heavy (non-hydrogen) atoms. The zero-order valence-corrected chi connectivity index (χ0v) is 16.8. The third-order valence-corrected chi connectivity index (χ3v) is 5.73. The van der Waals surface area contributed by atoms with E-state index in [0.29, 0.717) is 35.0 Å². The summed E-state index contributed by atoms with van der Waals surface area (Å²) in [6.07, 6.45) is 4.00. The van der Waals surface area contributed by atoms with E-state index in [1.165, 1.54) is 12.1 Å². The molecule has 0 bridgehead atoms. The van der Waals surface area contributed by atoms with E-state index in [4.69, 9.17) is 16.0 Å². The summed E-state index contributed by atoms with van der Waals surface area (Å²) in [4.78, 5) is 22.5. The van der Waals surface area contributed by atoms with Gasteiger partial charge in [0.25, 0.3) is 5.91 Å². The number of carbonyl (C=O) groups excluding carboxylic acids is 1. The minimum absolute atomic E-state index is 0.133. The third-order valence-electron chi connectivity index (χ3n) is 5.47. The largest absolute Gasteiger partial charge is 0.443 e. The number of hydrogen-bond acceptors (Lipinski definition) is 3. The number of carbonyl (C=O) groups is 1. The molecule has 1 N–H and O–H groups in total. The van der Waals surface area contributed by atoms with Gasteiger partial charge in [0.05, 0.1) is 6.20 Å². The predicted octanol–water partition coefficient (Wildman–Crippen LogP) is 5.52. The zero-order chi connectivity index (χ0) is 20.7. The van der Waals surface area contributed by atoms with Gasteiger partial charge in [0.1, 0.15) is 23.3 Å². The maximum absolute atomic E-state index is 13.5. The Labute approximate surface area is 177 Å². The van der Waals surface area contributed by atoms with E-state index in [-0.39, 0.29) is 17.8 Å². The smallest absolute Gasteiger partial charge is 0.270 e. The molecule has 7 heteroatoms. The van der Waals surface area contributed by atoms with Gasteiger partial charge in [-0.05, 0) is 54.8 Å². The Kier molecular flexibility index (Phi) is 4.79. The molecule has 1 aliphatic heterocycles. The summed E-state index contributed by atoms with van der Waals surface area (Å²) in [6, 6.07) is 13.5. The summed E-state index contributed by atoms with van der Waals surface area (Å²) < 4.78 is 19.5. The number of aromatic amines is 1. The van der Waals surface area contributed by atoms with Gasteiger partial charge in [0.2, 0.25) is 5.89 Å². The molecule has 4 aromatic rings. The Balaban J connectivity index is 1.36. The molecule has 0 spiro atoms. The van der Waals surface area contributed by atoms with Crippen molar-refractivity contribution in [2.24, 2.45) is 0 Å². The van der Waals surface area contributed by atoms with E-state index in [9.17, 15) is 9.18 Å². The summed E-state index contributed by atoms with van der Waals surface area (Å²) in [5.74, 6) is 0.832. The number of rotatable bonds is 4. The maximum Gasteiger partial charge on any atom is 0.270 e. The first-order valence-corrected chi connectivity index (χ1v) is 10.2. The van der Waals surface area contributed by atoms with Crippen molar-refractivity contribution in [1.29, 1.82) is 0 Å². The lowest BCUT2D eigenvalue weighted by molar-refractivity contribution is 0.0709. The SMILES string of the molecule is O=C(c1cc2cc(F)ccc2[nH]1)N1CCCC1c1ncc(Cc2ccc(Cl)cc2)o1. The van der Waals surface area contributed by atoms with Crippen LogP contribution in [0.1, 0.15) is 46.6 Å². The minimum atomic E-state index is -0.326. The van der Waals surface area contributed by atoms with Gasteiger partial charge in [0.15, 0.2) is 0 Å². The monoisotopic (exact) mass is 423 g/mol. The second-order valence-electron chi connectivity index (χ2n) is 7.54. The molecular formula is C23H19ClFN3O2. The number of oxazole rings is 1. The van der Waals surface area contributed by atoms with Gasteiger partial charge in [-0.1, -0.05) is 23.7 Å². The van der Waals surface area contributed by atoms with Crippen molar-refractivity contribution in [1.82, 2.24) is 14.9 Å². The Morgan fingerprint density at radius 1 is 1.23 bits per heavy atom. The molecule has 5 rings (SSSR count). The number of fused-ring (bicyclic) bond motifs is 1. The normalized spacial score (nSPS) is 16.5. The van der Waals surface area contributed by atoms with Crippen LogP contribution in [0.3, 0.4) is 0 Å². The maximum atomic E-state index is 13.5. The average molecular weight is 424 g/mol. The standard InChI is InChI=1S/C23H19ClFN3O2/c24-16-5-3-14(4-6-16)10-18-13-26-22(30-18)21-2-1-9-28(21)23(29)20-12-15-11-17(25)7-8-19(15)27-20/h3-8,11-13,21,27H,1-2,9-10H2. The van der Waals surface area contributed by atoms with Crippen molar-refractivity contribution in [3.63, 3.8) is 0 Å². The number of nitrogens with zero attached hydrogens (tertiary/aromatic N) is 2. The molecular weight excluding hydrogens is 405 g/mol. The minimum Gasteiger partial charge on any atom is -0.443 e. The van der Waals surface area contributed by atoms with Crippen molar-refractivity contribution >= 4 is 28.4 Å². The van der Waals surface area contributed by atoms with Crippen molar-refractivity contribution in [2.45, 2.75) is 25.3 Å². The number of nitrogens with one attached hydrogen (secondary N) is 1. The van der Waals surface area contributed by atoms with Crippen LogP contribution in [0.4, 0.5) is 4.39 Å². The third kappa shape index (κ3) is 3.59. The van der Waals surface area contributed by atoms with Crippen LogP contribution in [0.25, 0.3) is 10.9 Å². The van der Waals surface area contributed by atoms with E-state index < -0.39 is 0 Å². The number of benzene rings is 2. The van der Waals surface area contributed by atoms with E-state index in [2.05, 4.69) is 9.97 Å². The fourth-order valence-corrected chi connectivity index (χ4v) is 4.13. The molecule has 1 aliphatic rings. The first-order chi connectivity index (χ1) is 14.6. The fraction of sp³-hybridized carbons (Fsp3) is 0.217. The molecule has 152 valence electrons. The van der Waals surface area contributed by atoms with E-state index in [1.54, 1.807) is 23.2 Å². The number of hydrogen-bond donors (Lipinski definition) is 1. The first kappa shape index (κ1) is 18.9. The summed E-state index contributed by atoms with van der Waals surface area (Å²) in [5, 5.41) is 1.37. The summed E-state index contributed by atoms with van der Waals surface area (Å²) in [6.45, 7) is 0.627. The van der Waals surface area contributed by atoms with E-state index in [1.807, 2.05) is 24.3 Å². The molecule has 0 aliphatic carbocycles. The van der Waals surface area contributed by atoms with Crippen molar-refractivity contribution < 1.29 is 13.6 Å². The quantitative estimate of drug-likeness (QED) is 0.470.